The molecule has 1 aliphatic heterocycles. The summed E-state index contributed by atoms with van der Waals surface area (Å²) >= 11 is 0. The highest BCUT2D eigenvalue weighted by Gasteiger charge is 2.25. The zero-order valence-corrected chi connectivity index (χ0v) is 7.81. The fourth-order valence-electron chi connectivity index (χ4n) is 1.79. The molecule has 1 amide bonds. The minimum Gasteiger partial charge on any atom is -0.392 e. The van der Waals surface area contributed by atoms with E-state index < -0.39 is 6.10 Å². The Labute approximate surface area is 82.8 Å². The summed E-state index contributed by atoms with van der Waals surface area (Å²) in [5.41, 5.74) is 1.06. The molecule has 1 aromatic carbocycles. The minimum atomic E-state index is -0.506. The molecule has 0 saturated carbocycles. The highest BCUT2D eigenvalue weighted by molar-refractivity contribution is 5.77. The maximum atomic E-state index is 11.2. The van der Waals surface area contributed by atoms with E-state index in [0.717, 1.165) is 5.56 Å². The molecule has 0 aliphatic carbocycles. The molecule has 2 atom stereocenters. The van der Waals surface area contributed by atoms with Crippen molar-refractivity contribution in [1.82, 2.24) is 5.32 Å². The van der Waals surface area contributed by atoms with Crippen LogP contribution in [0.2, 0.25) is 0 Å². The van der Waals surface area contributed by atoms with Crippen LogP contribution in [0.3, 0.4) is 0 Å². The second kappa shape index (κ2) is 3.80. The van der Waals surface area contributed by atoms with Gasteiger partial charge in [-0.2, -0.15) is 0 Å². The van der Waals surface area contributed by atoms with Gasteiger partial charge in [0.25, 0.3) is 0 Å². The Kier molecular flexibility index (Phi) is 2.50. The summed E-state index contributed by atoms with van der Waals surface area (Å²) in [6.45, 7) is 0. The van der Waals surface area contributed by atoms with Gasteiger partial charge in [-0.3, -0.25) is 4.79 Å². The summed E-state index contributed by atoms with van der Waals surface area (Å²) in [5.74, 6) is -0.0717. The fourth-order valence-corrected chi connectivity index (χ4v) is 1.79. The van der Waals surface area contributed by atoms with E-state index in [1.807, 2.05) is 30.3 Å². The van der Waals surface area contributed by atoms with Gasteiger partial charge in [0.15, 0.2) is 0 Å². The molecule has 1 aromatic rings. The van der Waals surface area contributed by atoms with Crippen LogP contribution in [-0.4, -0.2) is 17.1 Å². The average Bonchev–Trinajstić information content (AvgIpc) is 2.18. The normalized spacial score (nSPS) is 27.1. The lowest BCUT2D eigenvalue weighted by Crippen LogP contribution is -2.38. The highest BCUT2D eigenvalue weighted by Crippen LogP contribution is 2.23. The number of carbonyl (C=O) groups is 1. The molecule has 2 rings (SSSR count). The van der Waals surface area contributed by atoms with Crippen LogP contribution < -0.4 is 5.32 Å². The van der Waals surface area contributed by atoms with Crippen LogP contribution in [0.4, 0.5) is 0 Å². The van der Waals surface area contributed by atoms with Crippen molar-refractivity contribution in [3.05, 3.63) is 35.9 Å². The van der Waals surface area contributed by atoms with Crippen molar-refractivity contribution in [2.24, 2.45) is 0 Å². The summed E-state index contributed by atoms with van der Waals surface area (Å²) in [6, 6.07) is 9.69. The van der Waals surface area contributed by atoms with Crippen LogP contribution in [0, 0.1) is 0 Å². The first-order valence-corrected chi connectivity index (χ1v) is 4.78. The summed E-state index contributed by atoms with van der Waals surface area (Å²) in [6.07, 6.45) is 0.327. The lowest BCUT2D eigenvalue weighted by atomic mass is 9.95. The first-order chi connectivity index (χ1) is 6.75. The minimum absolute atomic E-state index is 0.0348. The van der Waals surface area contributed by atoms with E-state index >= 15 is 0 Å². The third-order valence-corrected chi connectivity index (χ3v) is 2.47. The largest absolute Gasteiger partial charge is 0.392 e. The number of aliphatic hydroxyl groups excluding tert-OH is 1. The van der Waals surface area contributed by atoms with Crippen molar-refractivity contribution in [3.8, 4) is 0 Å². The molecule has 14 heavy (non-hydrogen) atoms. The van der Waals surface area contributed by atoms with Gasteiger partial charge in [-0.15, -0.1) is 0 Å². The molecule has 0 unspecified atom stereocenters. The molecular weight excluding hydrogens is 178 g/mol. The zero-order chi connectivity index (χ0) is 9.97. The summed E-state index contributed by atoms with van der Waals surface area (Å²) in [7, 11) is 0. The molecule has 1 aliphatic rings. The summed E-state index contributed by atoms with van der Waals surface area (Å²) in [4.78, 5) is 11.2. The van der Waals surface area contributed by atoms with Crippen molar-refractivity contribution < 1.29 is 9.90 Å². The van der Waals surface area contributed by atoms with Crippen LogP contribution >= 0.6 is 0 Å². The van der Waals surface area contributed by atoms with Gasteiger partial charge < -0.3 is 10.4 Å². The SMILES string of the molecule is O=C1C[C@H](O)C[C@@H](c2ccccc2)N1. The molecule has 0 spiro atoms. The van der Waals surface area contributed by atoms with Gasteiger partial charge in [-0.1, -0.05) is 30.3 Å². The molecular formula is C11H13NO2. The van der Waals surface area contributed by atoms with Gasteiger partial charge in [0.05, 0.1) is 18.6 Å². The maximum Gasteiger partial charge on any atom is 0.223 e. The molecule has 0 aromatic heterocycles. The Hall–Kier alpha value is -1.35. The van der Waals surface area contributed by atoms with E-state index in [1.165, 1.54) is 0 Å². The van der Waals surface area contributed by atoms with Gasteiger partial charge in [-0.05, 0) is 12.0 Å². The Bertz CT molecular complexity index is 323. The van der Waals surface area contributed by atoms with Crippen molar-refractivity contribution in [3.63, 3.8) is 0 Å². The molecule has 1 heterocycles. The van der Waals surface area contributed by atoms with Gasteiger partial charge in [0.2, 0.25) is 5.91 Å². The number of benzene rings is 1. The van der Waals surface area contributed by atoms with Gasteiger partial charge >= 0.3 is 0 Å². The Morgan fingerprint density at radius 2 is 2.00 bits per heavy atom. The van der Waals surface area contributed by atoms with Crippen molar-refractivity contribution in [2.45, 2.75) is 25.0 Å². The zero-order valence-electron chi connectivity index (χ0n) is 7.81. The van der Waals surface area contributed by atoms with Gasteiger partial charge in [0.1, 0.15) is 0 Å². The smallest absolute Gasteiger partial charge is 0.223 e. The number of hydrogen-bond donors (Lipinski definition) is 2. The second-order valence-electron chi connectivity index (χ2n) is 3.62. The fraction of sp³-hybridized carbons (Fsp3) is 0.364. The predicted octanol–water partition coefficient (Wildman–Crippen LogP) is 0.999. The third-order valence-electron chi connectivity index (χ3n) is 2.47. The highest BCUT2D eigenvalue weighted by atomic mass is 16.3. The molecule has 1 saturated heterocycles. The van der Waals surface area contributed by atoms with E-state index in [1.54, 1.807) is 0 Å². The van der Waals surface area contributed by atoms with E-state index in [0.29, 0.717) is 6.42 Å². The van der Waals surface area contributed by atoms with Crippen LogP contribution in [0.1, 0.15) is 24.4 Å². The van der Waals surface area contributed by atoms with E-state index in [4.69, 9.17) is 0 Å². The molecule has 0 radical (unpaired) electrons. The van der Waals surface area contributed by atoms with Crippen LogP contribution in [0.25, 0.3) is 0 Å². The molecule has 3 heteroatoms. The molecule has 0 bridgehead atoms. The lowest BCUT2D eigenvalue weighted by molar-refractivity contribution is -0.126. The average molecular weight is 191 g/mol. The van der Waals surface area contributed by atoms with Gasteiger partial charge in [-0.25, -0.2) is 0 Å². The quantitative estimate of drug-likeness (QED) is 0.695. The maximum absolute atomic E-state index is 11.2. The van der Waals surface area contributed by atoms with Crippen molar-refractivity contribution >= 4 is 5.91 Å². The van der Waals surface area contributed by atoms with E-state index in [9.17, 15) is 9.90 Å². The third kappa shape index (κ3) is 1.93. The molecule has 1 fully saturated rings. The Morgan fingerprint density at radius 1 is 1.29 bits per heavy atom. The molecule has 3 nitrogen and oxygen atoms in total. The first-order valence-electron chi connectivity index (χ1n) is 4.78. The van der Waals surface area contributed by atoms with E-state index in [2.05, 4.69) is 5.32 Å². The summed E-state index contributed by atoms with van der Waals surface area (Å²) < 4.78 is 0. The number of nitrogens with one attached hydrogen (secondary N) is 1. The Morgan fingerprint density at radius 3 is 2.64 bits per heavy atom. The molecule has 74 valence electrons. The second-order valence-corrected chi connectivity index (χ2v) is 3.62. The van der Waals surface area contributed by atoms with Crippen LogP contribution in [-0.2, 0) is 4.79 Å². The first kappa shape index (κ1) is 9.21. The monoisotopic (exact) mass is 191 g/mol. The number of amides is 1. The summed E-state index contributed by atoms with van der Waals surface area (Å²) in [5, 5.41) is 12.3. The number of carbonyl (C=O) groups excluding carboxylic acids is 1. The topological polar surface area (TPSA) is 49.3 Å². The van der Waals surface area contributed by atoms with Crippen LogP contribution in [0.15, 0.2) is 30.3 Å². The molecule has 2 N–H and O–H groups in total. The standard InChI is InChI=1S/C11H13NO2/c13-9-6-10(12-11(14)7-9)8-4-2-1-3-5-8/h1-5,9-10,13H,6-7H2,(H,12,14)/t9-,10+/m1/s1. The van der Waals surface area contributed by atoms with Gasteiger partial charge in [0, 0.05) is 0 Å². The van der Waals surface area contributed by atoms with Crippen LogP contribution in [0.5, 0.6) is 0 Å². The lowest BCUT2D eigenvalue weighted by Gasteiger charge is -2.27. The van der Waals surface area contributed by atoms with Crippen molar-refractivity contribution in [1.29, 1.82) is 0 Å². The van der Waals surface area contributed by atoms with Crippen molar-refractivity contribution in [2.75, 3.05) is 0 Å². The number of hydrogen-bond acceptors (Lipinski definition) is 2. The van der Waals surface area contributed by atoms with E-state index in [-0.39, 0.29) is 18.4 Å². The predicted molar refractivity (Wildman–Crippen MR) is 52.6 cm³/mol. The Balaban J connectivity index is 2.15. The number of piperidine rings is 1. The number of rotatable bonds is 1. The number of aliphatic hydroxyl groups is 1.